The Morgan fingerprint density at radius 2 is 2.33 bits per heavy atom. The third-order valence-corrected chi connectivity index (χ3v) is 2.93. The minimum Gasteiger partial charge on any atom is -0.391 e. The molecule has 0 aromatic carbocycles. The lowest BCUT2D eigenvalue weighted by molar-refractivity contribution is 0.0611. The van der Waals surface area contributed by atoms with Crippen molar-refractivity contribution in [1.82, 2.24) is 4.90 Å². The molecule has 0 aromatic heterocycles. The van der Waals surface area contributed by atoms with Crippen molar-refractivity contribution in [2.24, 2.45) is 0 Å². The quantitative estimate of drug-likeness (QED) is 0.690. The monoisotopic (exact) mass is 237 g/mol. The third-order valence-electron chi connectivity index (χ3n) is 2.18. The molecule has 0 radical (unpaired) electrons. The topological polar surface area (TPSA) is 43.7 Å². The van der Waals surface area contributed by atoms with Crippen LogP contribution in [0, 0.1) is 0 Å². The van der Waals surface area contributed by atoms with E-state index >= 15 is 0 Å². The summed E-state index contributed by atoms with van der Waals surface area (Å²) < 4.78 is 0. The van der Waals surface area contributed by atoms with Gasteiger partial charge >= 0.3 is 0 Å². The van der Waals surface area contributed by atoms with Crippen LogP contribution in [0.4, 0.5) is 0 Å². The number of aliphatic hydroxyl groups excluding tert-OH is 1. The molecule has 1 heterocycles. The molecule has 3 nitrogen and oxygen atoms in total. The summed E-state index contributed by atoms with van der Waals surface area (Å²) >= 11 is 3.21. The first-order valence-electron chi connectivity index (χ1n) is 4.22. The van der Waals surface area contributed by atoms with Crippen molar-refractivity contribution >= 4 is 15.9 Å². The molecule has 0 aromatic rings. The van der Waals surface area contributed by atoms with Gasteiger partial charge in [0.15, 0.2) is 0 Å². The van der Waals surface area contributed by atoms with Crippen LogP contribution in [0.25, 0.3) is 0 Å². The zero-order chi connectivity index (χ0) is 9.19. The van der Waals surface area contributed by atoms with Crippen LogP contribution in [0.5, 0.6) is 0 Å². The molecule has 1 saturated heterocycles. The summed E-state index contributed by atoms with van der Waals surface area (Å²) in [5.74, 6) is 0. The van der Waals surface area contributed by atoms with E-state index in [-0.39, 0.29) is 6.10 Å². The highest BCUT2D eigenvalue weighted by atomic mass is 79.9. The Balaban J connectivity index is 2.28. The average molecular weight is 238 g/mol. The van der Waals surface area contributed by atoms with Gasteiger partial charge in [0.2, 0.25) is 0 Å². The first-order chi connectivity index (χ1) is 5.53. The van der Waals surface area contributed by atoms with Crippen LogP contribution in [-0.4, -0.2) is 51.8 Å². The van der Waals surface area contributed by atoms with Crippen LogP contribution in [0.1, 0.15) is 13.3 Å². The van der Waals surface area contributed by atoms with E-state index in [0.29, 0.717) is 18.4 Å². The highest BCUT2D eigenvalue weighted by molar-refractivity contribution is 9.09. The van der Waals surface area contributed by atoms with Crippen molar-refractivity contribution in [3.05, 3.63) is 0 Å². The van der Waals surface area contributed by atoms with Crippen molar-refractivity contribution in [2.45, 2.75) is 25.0 Å². The summed E-state index contributed by atoms with van der Waals surface area (Å²) in [5.41, 5.74) is -0.550. The van der Waals surface area contributed by atoms with Gasteiger partial charge in [0.05, 0.1) is 11.7 Å². The maximum absolute atomic E-state index is 9.62. The molecule has 1 rings (SSSR count). The molecule has 0 spiro atoms. The van der Waals surface area contributed by atoms with Gasteiger partial charge in [-0.25, -0.2) is 0 Å². The van der Waals surface area contributed by atoms with E-state index < -0.39 is 5.60 Å². The number of aliphatic hydroxyl groups is 2. The van der Waals surface area contributed by atoms with E-state index in [2.05, 4.69) is 20.8 Å². The summed E-state index contributed by atoms with van der Waals surface area (Å²) in [5, 5.41) is 19.5. The predicted octanol–water partition coefficient (Wildman–Crippen LogP) is 0.199. The van der Waals surface area contributed by atoms with Crippen molar-refractivity contribution < 1.29 is 10.2 Å². The van der Waals surface area contributed by atoms with E-state index in [1.54, 1.807) is 0 Å². The highest BCUT2D eigenvalue weighted by Gasteiger charge is 2.31. The Hall–Kier alpha value is 0.360. The summed E-state index contributed by atoms with van der Waals surface area (Å²) in [4.78, 5) is 2.09. The van der Waals surface area contributed by atoms with Gasteiger partial charge in [-0.3, -0.25) is 4.90 Å². The van der Waals surface area contributed by atoms with E-state index in [0.717, 1.165) is 13.0 Å². The summed E-state index contributed by atoms with van der Waals surface area (Å²) in [6, 6.07) is 0. The van der Waals surface area contributed by atoms with Crippen LogP contribution in [0.3, 0.4) is 0 Å². The first-order valence-corrected chi connectivity index (χ1v) is 5.34. The molecule has 1 aliphatic heterocycles. The fourth-order valence-electron chi connectivity index (χ4n) is 1.54. The SMILES string of the molecule is CC1(O)CCN(CC(O)CBr)C1. The van der Waals surface area contributed by atoms with E-state index in [1.807, 2.05) is 6.92 Å². The van der Waals surface area contributed by atoms with Crippen LogP contribution >= 0.6 is 15.9 Å². The lowest BCUT2D eigenvalue weighted by atomic mass is 10.1. The molecule has 1 aliphatic rings. The van der Waals surface area contributed by atoms with E-state index in [9.17, 15) is 10.2 Å². The number of rotatable bonds is 3. The second kappa shape index (κ2) is 4.05. The molecule has 0 aliphatic carbocycles. The van der Waals surface area contributed by atoms with Gasteiger partial charge in [-0.1, -0.05) is 15.9 Å². The number of alkyl halides is 1. The van der Waals surface area contributed by atoms with Gasteiger partial charge in [-0.05, 0) is 13.3 Å². The van der Waals surface area contributed by atoms with Crippen molar-refractivity contribution in [1.29, 1.82) is 0 Å². The van der Waals surface area contributed by atoms with Crippen molar-refractivity contribution in [3.8, 4) is 0 Å². The smallest absolute Gasteiger partial charge is 0.0763 e. The average Bonchev–Trinajstić information content (AvgIpc) is 2.30. The molecule has 1 fully saturated rings. The fourth-order valence-corrected chi connectivity index (χ4v) is 1.75. The Kier molecular flexibility index (Phi) is 3.52. The Morgan fingerprint density at radius 3 is 2.75 bits per heavy atom. The Bertz CT molecular complexity index is 152. The molecule has 12 heavy (non-hydrogen) atoms. The van der Waals surface area contributed by atoms with Gasteiger partial charge in [0.1, 0.15) is 0 Å². The largest absolute Gasteiger partial charge is 0.391 e. The molecule has 0 bridgehead atoms. The normalized spacial score (nSPS) is 34.0. The second-order valence-electron chi connectivity index (χ2n) is 3.79. The molecule has 2 atom stereocenters. The number of nitrogens with zero attached hydrogens (tertiary/aromatic N) is 1. The number of halogens is 1. The maximum atomic E-state index is 9.62. The minimum absolute atomic E-state index is 0.320. The molecule has 0 saturated carbocycles. The molecule has 0 amide bonds. The first kappa shape index (κ1) is 10.4. The zero-order valence-corrected chi connectivity index (χ0v) is 8.92. The lowest BCUT2D eigenvalue weighted by Crippen LogP contribution is -2.35. The number of hydrogen-bond acceptors (Lipinski definition) is 3. The summed E-state index contributed by atoms with van der Waals surface area (Å²) in [6.07, 6.45) is 0.487. The van der Waals surface area contributed by atoms with E-state index in [1.165, 1.54) is 0 Å². The summed E-state index contributed by atoms with van der Waals surface area (Å²) in [6.45, 7) is 4.06. The molecular formula is C8H16BrNO2. The molecule has 4 heteroatoms. The molecule has 2 N–H and O–H groups in total. The fraction of sp³-hybridized carbons (Fsp3) is 1.00. The van der Waals surface area contributed by atoms with Gasteiger partial charge in [0.25, 0.3) is 0 Å². The van der Waals surface area contributed by atoms with Crippen molar-refractivity contribution in [3.63, 3.8) is 0 Å². The molecule has 2 unspecified atom stereocenters. The second-order valence-corrected chi connectivity index (χ2v) is 4.44. The van der Waals surface area contributed by atoms with E-state index in [4.69, 9.17) is 0 Å². The van der Waals surface area contributed by atoms with Crippen LogP contribution in [-0.2, 0) is 0 Å². The van der Waals surface area contributed by atoms with Crippen LogP contribution < -0.4 is 0 Å². The maximum Gasteiger partial charge on any atom is 0.0763 e. The lowest BCUT2D eigenvalue weighted by Gasteiger charge is -2.20. The Labute approximate surface area is 81.5 Å². The highest BCUT2D eigenvalue weighted by Crippen LogP contribution is 2.20. The standard InChI is InChI=1S/C8H16BrNO2/c1-8(12)2-3-10(6-8)5-7(11)4-9/h7,11-12H,2-6H2,1H3. The van der Waals surface area contributed by atoms with Gasteiger partial charge in [-0.15, -0.1) is 0 Å². The molecular weight excluding hydrogens is 222 g/mol. The van der Waals surface area contributed by atoms with Gasteiger partial charge < -0.3 is 10.2 Å². The van der Waals surface area contributed by atoms with Gasteiger partial charge in [-0.2, -0.15) is 0 Å². The minimum atomic E-state index is -0.550. The molecule has 72 valence electrons. The number of β-amino-alcohol motifs (C(OH)–C–C–N with tert-alkyl or cyclic N) is 2. The third kappa shape index (κ3) is 3.01. The van der Waals surface area contributed by atoms with Crippen molar-refractivity contribution in [2.75, 3.05) is 25.0 Å². The number of hydrogen-bond donors (Lipinski definition) is 2. The van der Waals surface area contributed by atoms with Crippen LogP contribution in [0.2, 0.25) is 0 Å². The van der Waals surface area contributed by atoms with Crippen LogP contribution in [0.15, 0.2) is 0 Å². The summed E-state index contributed by atoms with van der Waals surface area (Å²) in [7, 11) is 0. The number of likely N-dealkylation sites (tertiary alicyclic amines) is 1. The predicted molar refractivity (Wildman–Crippen MR) is 51.5 cm³/mol. The van der Waals surface area contributed by atoms with Gasteiger partial charge in [0, 0.05) is 25.0 Å². The Morgan fingerprint density at radius 1 is 1.67 bits per heavy atom. The zero-order valence-electron chi connectivity index (χ0n) is 7.33.